The minimum atomic E-state index is -3.60. The van der Waals surface area contributed by atoms with Gasteiger partial charge in [0.05, 0.1) is 17.0 Å². The quantitative estimate of drug-likeness (QED) is 0.858. The van der Waals surface area contributed by atoms with Crippen LogP contribution in [0.3, 0.4) is 0 Å². The molecule has 7 heteroatoms. The predicted molar refractivity (Wildman–Crippen MR) is 64.1 cm³/mol. The number of rotatable bonds is 4. The number of carbonyl (C=O) groups is 1. The van der Waals surface area contributed by atoms with Crippen LogP contribution < -0.4 is 4.72 Å². The average molecular weight is 259 g/mol. The zero-order chi connectivity index (χ0) is 13.2. The van der Waals surface area contributed by atoms with Gasteiger partial charge in [-0.1, -0.05) is 6.92 Å². The first-order valence-corrected chi connectivity index (χ1v) is 6.88. The lowest BCUT2D eigenvalue weighted by molar-refractivity contribution is 0.0980. The molecule has 0 fully saturated rings. The number of aryl methyl sites for hydroxylation is 1. The molecule has 0 bridgehead atoms. The van der Waals surface area contributed by atoms with Crippen LogP contribution in [0.5, 0.6) is 0 Å². The summed E-state index contributed by atoms with van der Waals surface area (Å²) in [6.07, 6.45) is 1.81. The van der Waals surface area contributed by atoms with E-state index in [-0.39, 0.29) is 5.56 Å². The van der Waals surface area contributed by atoms with Gasteiger partial charge < -0.3 is 0 Å². The van der Waals surface area contributed by atoms with E-state index in [0.29, 0.717) is 12.1 Å². The third kappa shape index (κ3) is 2.85. The van der Waals surface area contributed by atoms with Gasteiger partial charge in [-0.2, -0.15) is 5.10 Å². The van der Waals surface area contributed by atoms with Crippen LogP contribution in [0.1, 0.15) is 36.3 Å². The van der Waals surface area contributed by atoms with Crippen LogP contribution >= 0.6 is 0 Å². The van der Waals surface area contributed by atoms with Crippen molar-refractivity contribution in [3.05, 3.63) is 17.5 Å². The van der Waals surface area contributed by atoms with Crippen molar-refractivity contribution in [2.24, 2.45) is 7.05 Å². The summed E-state index contributed by atoms with van der Waals surface area (Å²) in [5.74, 6) is -0.629. The summed E-state index contributed by atoms with van der Waals surface area (Å²) in [6.45, 7) is 5.02. The molecule has 0 aliphatic rings. The van der Waals surface area contributed by atoms with E-state index in [1.807, 2.05) is 0 Å². The predicted octanol–water partition coefficient (Wildman–Crippen LogP) is 0.587. The molecule has 1 aromatic heterocycles. The number of hydrogen-bond acceptors (Lipinski definition) is 4. The minimum Gasteiger partial charge on any atom is -0.272 e. The number of nitrogens with zero attached hydrogens (tertiary/aromatic N) is 2. The van der Waals surface area contributed by atoms with Crippen molar-refractivity contribution in [3.63, 3.8) is 0 Å². The molecule has 1 aromatic rings. The number of carbonyl (C=O) groups excluding carboxylic acids is 1. The Kier molecular flexibility index (Phi) is 3.92. The minimum absolute atomic E-state index is 0.277. The van der Waals surface area contributed by atoms with Crippen molar-refractivity contribution in [1.82, 2.24) is 14.5 Å². The summed E-state index contributed by atoms with van der Waals surface area (Å²) >= 11 is 0. The Morgan fingerprint density at radius 2 is 2.18 bits per heavy atom. The Balaban J connectivity index is 2.91. The van der Waals surface area contributed by atoms with E-state index in [9.17, 15) is 13.2 Å². The first-order valence-electron chi connectivity index (χ1n) is 5.34. The fourth-order valence-corrected chi connectivity index (χ4v) is 2.23. The number of amides is 1. The van der Waals surface area contributed by atoms with E-state index in [4.69, 9.17) is 0 Å². The van der Waals surface area contributed by atoms with Gasteiger partial charge in [-0.3, -0.25) is 9.48 Å². The van der Waals surface area contributed by atoms with Gasteiger partial charge in [-0.15, -0.1) is 0 Å². The standard InChI is InChI=1S/C10H17N3O3S/c1-5-7(2)17(15,16)12-10(14)9-6-11-13(4)8(9)3/h6-7H,5H2,1-4H3,(H,12,14)/t7-/m1/s1. The van der Waals surface area contributed by atoms with Crippen LogP contribution in [-0.2, 0) is 17.1 Å². The van der Waals surface area contributed by atoms with Crippen LogP contribution in [-0.4, -0.2) is 29.4 Å². The smallest absolute Gasteiger partial charge is 0.268 e. The fourth-order valence-electron chi connectivity index (χ4n) is 1.23. The summed E-state index contributed by atoms with van der Waals surface area (Å²) in [4.78, 5) is 11.8. The van der Waals surface area contributed by atoms with E-state index >= 15 is 0 Å². The second kappa shape index (κ2) is 4.87. The second-order valence-electron chi connectivity index (χ2n) is 3.96. The van der Waals surface area contributed by atoms with Crippen molar-refractivity contribution in [1.29, 1.82) is 0 Å². The maximum absolute atomic E-state index is 11.8. The van der Waals surface area contributed by atoms with Crippen molar-refractivity contribution >= 4 is 15.9 Å². The zero-order valence-electron chi connectivity index (χ0n) is 10.4. The average Bonchev–Trinajstić information content (AvgIpc) is 2.58. The van der Waals surface area contributed by atoms with Crippen LogP contribution in [0.4, 0.5) is 0 Å². The molecule has 0 aliphatic heterocycles. The largest absolute Gasteiger partial charge is 0.272 e. The molecule has 0 aromatic carbocycles. The van der Waals surface area contributed by atoms with Crippen LogP contribution in [0.2, 0.25) is 0 Å². The fraction of sp³-hybridized carbons (Fsp3) is 0.600. The molecule has 1 heterocycles. The van der Waals surface area contributed by atoms with Crippen LogP contribution in [0.25, 0.3) is 0 Å². The maximum Gasteiger partial charge on any atom is 0.268 e. The molecule has 6 nitrogen and oxygen atoms in total. The Labute approximate surface area is 101 Å². The molecule has 0 saturated carbocycles. The number of sulfonamides is 1. The first-order chi connectivity index (χ1) is 7.79. The summed E-state index contributed by atoms with van der Waals surface area (Å²) < 4.78 is 27.0. The lowest BCUT2D eigenvalue weighted by atomic mass is 10.2. The molecule has 96 valence electrons. The zero-order valence-corrected chi connectivity index (χ0v) is 11.2. The molecule has 0 aliphatic carbocycles. The lowest BCUT2D eigenvalue weighted by Crippen LogP contribution is -2.37. The molecule has 1 atom stereocenters. The van der Waals surface area contributed by atoms with Gasteiger partial charge in [-0.05, 0) is 20.3 Å². The highest BCUT2D eigenvalue weighted by Crippen LogP contribution is 2.08. The molecule has 17 heavy (non-hydrogen) atoms. The van der Waals surface area contributed by atoms with E-state index in [1.54, 1.807) is 27.8 Å². The van der Waals surface area contributed by atoms with Gasteiger partial charge >= 0.3 is 0 Å². The molecule has 1 amide bonds. The highest BCUT2D eigenvalue weighted by atomic mass is 32.2. The molecular weight excluding hydrogens is 242 g/mol. The number of nitrogens with one attached hydrogen (secondary N) is 1. The lowest BCUT2D eigenvalue weighted by Gasteiger charge is -2.11. The Bertz CT molecular complexity index is 519. The molecular formula is C10H17N3O3S. The Hall–Kier alpha value is -1.37. The van der Waals surface area contributed by atoms with Gasteiger partial charge in [0.2, 0.25) is 10.0 Å². The van der Waals surface area contributed by atoms with Gasteiger partial charge in [-0.25, -0.2) is 13.1 Å². The Morgan fingerprint density at radius 3 is 2.59 bits per heavy atom. The Morgan fingerprint density at radius 1 is 1.59 bits per heavy atom. The normalized spacial score (nSPS) is 13.4. The molecule has 0 saturated heterocycles. The summed E-state index contributed by atoms with van der Waals surface area (Å²) in [7, 11) is -1.91. The SMILES string of the molecule is CC[C@@H](C)S(=O)(=O)NC(=O)c1cnn(C)c1C. The third-order valence-corrected chi connectivity index (χ3v) is 4.68. The summed E-state index contributed by atoms with van der Waals surface area (Å²) in [6, 6.07) is 0. The first kappa shape index (κ1) is 13.7. The third-order valence-electron chi connectivity index (χ3n) is 2.82. The second-order valence-corrected chi connectivity index (χ2v) is 6.06. The highest BCUT2D eigenvalue weighted by molar-refractivity contribution is 7.90. The topological polar surface area (TPSA) is 81.1 Å². The molecule has 0 unspecified atom stereocenters. The monoisotopic (exact) mass is 259 g/mol. The highest BCUT2D eigenvalue weighted by Gasteiger charge is 2.23. The summed E-state index contributed by atoms with van der Waals surface area (Å²) in [5, 5.41) is 3.30. The maximum atomic E-state index is 11.8. The number of hydrogen-bond donors (Lipinski definition) is 1. The van der Waals surface area contributed by atoms with Crippen LogP contribution in [0, 0.1) is 6.92 Å². The summed E-state index contributed by atoms with van der Waals surface area (Å²) in [5.41, 5.74) is 0.904. The number of aromatic nitrogens is 2. The molecule has 1 rings (SSSR count). The van der Waals surface area contributed by atoms with Gasteiger partial charge in [0, 0.05) is 12.7 Å². The van der Waals surface area contributed by atoms with E-state index < -0.39 is 21.2 Å². The molecule has 0 radical (unpaired) electrons. The van der Waals surface area contributed by atoms with Crippen molar-refractivity contribution in [2.75, 3.05) is 0 Å². The van der Waals surface area contributed by atoms with Gasteiger partial charge in [0.1, 0.15) is 0 Å². The van der Waals surface area contributed by atoms with E-state index in [2.05, 4.69) is 9.82 Å². The van der Waals surface area contributed by atoms with Crippen molar-refractivity contribution in [2.45, 2.75) is 32.4 Å². The molecule has 1 N–H and O–H groups in total. The van der Waals surface area contributed by atoms with Gasteiger partial charge in [0.25, 0.3) is 5.91 Å². The van der Waals surface area contributed by atoms with Crippen molar-refractivity contribution in [3.8, 4) is 0 Å². The van der Waals surface area contributed by atoms with Crippen LogP contribution in [0.15, 0.2) is 6.20 Å². The van der Waals surface area contributed by atoms with Crippen molar-refractivity contribution < 1.29 is 13.2 Å². The van der Waals surface area contributed by atoms with E-state index in [0.717, 1.165) is 0 Å². The molecule has 0 spiro atoms. The van der Waals surface area contributed by atoms with E-state index in [1.165, 1.54) is 10.9 Å². The van der Waals surface area contributed by atoms with Gasteiger partial charge in [0.15, 0.2) is 0 Å².